The average Bonchev–Trinajstić information content (AvgIpc) is 2.57. The molecule has 2 aromatic carbocycles. The second-order valence-electron chi connectivity index (χ2n) is 4.96. The fourth-order valence-corrected chi connectivity index (χ4v) is 3.17. The Kier molecular flexibility index (Phi) is 9.56. The number of hydrogen-bond acceptors (Lipinski definition) is 3. The van der Waals surface area contributed by atoms with Gasteiger partial charge in [0, 0.05) is 17.3 Å². The first-order valence-corrected chi connectivity index (χ1v) is 9.34. The minimum atomic E-state index is -0.0152. The zero-order valence-electron chi connectivity index (χ0n) is 13.5. The number of nitrogens with two attached hydrogens (primary N) is 1. The van der Waals surface area contributed by atoms with Gasteiger partial charge in [-0.1, -0.05) is 47.6 Å². The lowest BCUT2D eigenvalue weighted by Gasteiger charge is -2.08. The van der Waals surface area contributed by atoms with Gasteiger partial charge < -0.3 is 11.1 Å². The summed E-state index contributed by atoms with van der Waals surface area (Å²) in [5, 5.41) is 3.67. The van der Waals surface area contributed by atoms with Crippen molar-refractivity contribution in [1.82, 2.24) is 5.32 Å². The highest BCUT2D eigenvalue weighted by atomic mass is 79.9. The number of thioether (sulfide) groups is 1. The summed E-state index contributed by atoms with van der Waals surface area (Å²) in [4.78, 5) is 15.9. The number of hydrogen-bond donors (Lipinski definition) is 2. The van der Waals surface area contributed by atoms with Crippen LogP contribution in [0.2, 0.25) is 5.02 Å². The molecule has 0 bridgehead atoms. The van der Waals surface area contributed by atoms with E-state index >= 15 is 0 Å². The molecule has 25 heavy (non-hydrogen) atoms. The number of amides is 1. The highest BCUT2D eigenvalue weighted by molar-refractivity contribution is 9.10. The van der Waals surface area contributed by atoms with Crippen molar-refractivity contribution in [2.45, 2.75) is 12.2 Å². The zero-order valence-corrected chi connectivity index (χ0v) is 18.3. The van der Waals surface area contributed by atoms with E-state index < -0.39 is 0 Å². The van der Waals surface area contributed by atoms with Crippen molar-refractivity contribution in [3.8, 4) is 0 Å². The molecule has 4 nitrogen and oxygen atoms in total. The number of nitrogens with zero attached hydrogens (tertiary/aromatic N) is 1. The van der Waals surface area contributed by atoms with Gasteiger partial charge in [-0.05, 0) is 45.3 Å². The van der Waals surface area contributed by atoms with Crippen LogP contribution in [0.4, 0.5) is 5.69 Å². The maximum atomic E-state index is 11.6. The van der Waals surface area contributed by atoms with Gasteiger partial charge in [0.15, 0.2) is 5.17 Å². The molecule has 0 unspecified atom stereocenters. The Labute approximate surface area is 175 Å². The Balaban J connectivity index is 0.00000312. The largest absolute Gasteiger partial charge is 0.378 e. The van der Waals surface area contributed by atoms with E-state index in [0.717, 1.165) is 15.6 Å². The lowest BCUT2D eigenvalue weighted by Crippen LogP contribution is -2.20. The Hall–Kier alpha value is -1.02. The van der Waals surface area contributed by atoms with E-state index in [1.54, 1.807) is 13.1 Å². The van der Waals surface area contributed by atoms with Crippen molar-refractivity contribution in [3.05, 3.63) is 63.1 Å². The van der Waals surface area contributed by atoms with Crippen LogP contribution in [0, 0.1) is 0 Å². The Morgan fingerprint density at radius 2 is 1.96 bits per heavy atom. The Morgan fingerprint density at radius 1 is 1.28 bits per heavy atom. The summed E-state index contributed by atoms with van der Waals surface area (Å²) in [5.74, 6) is 0.630. The second-order valence-corrected chi connectivity index (χ2v) is 7.21. The number of halogens is 3. The number of amidine groups is 1. The van der Waals surface area contributed by atoms with E-state index in [0.29, 0.717) is 28.1 Å². The minimum Gasteiger partial charge on any atom is -0.378 e. The molecule has 0 aliphatic heterocycles. The first-order chi connectivity index (χ1) is 11.5. The van der Waals surface area contributed by atoms with Crippen molar-refractivity contribution in [2.75, 3.05) is 7.05 Å². The Morgan fingerprint density at radius 3 is 2.60 bits per heavy atom. The summed E-state index contributed by atoms with van der Waals surface area (Å²) in [5.41, 5.74) is 8.76. The van der Waals surface area contributed by atoms with Gasteiger partial charge in [0.05, 0.1) is 17.1 Å². The molecule has 2 aromatic rings. The summed E-state index contributed by atoms with van der Waals surface area (Å²) in [6, 6.07) is 13.2. The third-order valence-corrected chi connectivity index (χ3v) is 5.34. The molecule has 0 atom stereocenters. The van der Waals surface area contributed by atoms with Crippen LogP contribution >= 0.6 is 56.3 Å². The standard InChI is InChI=1S/C17H17BrClN3OS.BrH/c1-21-16(23)8-11-4-2-3-5-12(11)10-24-17(20)22-13-6-7-14(18)15(19)9-13;/h2-7,9H,8,10H2,1H3,(H2,20,22)(H,21,23);1H. The first-order valence-electron chi connectivity index (χ1n) is 7.19. The van der Waals surface area contributed by atoms with Crippen LogP contribution in [-0.4, -0.2) is 18.1 Å². The van der Waals surface area contributed by atoms with Crippen molar-refractivity contribution < 1.29 is 4.79 Å². The molecule has 134 valence electrons. The molecule has 0 aromatic heterocycles. The van der Waals surface area contributed by atoms with Gasteiger partial charge in [-0.2, -0.15) is 0 Å². The predicted molar refractivity (Wildman–Crippen MR) is 116 cm³/mol. The number of carbonyl (C=O) groups is 1. The lowest BCUT2D eigenvalue weighted by molar-refractivity contribution is -0.119. The molecule has 0 heterocycles. The van der Waals surface area contributed by atoms with Gasteiger partial charge in [-0.3, -0.25) is 4.79 Å². The van der Waals surface area contributed by atoms with Gasteiger partial charge in [0.25, 0.3) is 0 Å². The van der Waals surface area contributed by atoms with Crippen LogP contribution in [-0.2, 0) is 17.0 Å². The molecule has 0 fully saturated rings. The molecule has 1 amide bonds. The molecule has 8 heteroatoms. The highest BCUT2D eigenvalue weighted by Crippen LogP contribution is 2.27. The van der Waals surface area contributed by atoms with Crippen molar-refractivity contribution in [3.63, 3.8) is 0 Å². The molecule has 3 N–H and O–H groups in total. The van der Waals surface area contributed by atoms with Gasteiger partial charge >= 0.3 is 0 Å². The van der Waals surface area contributed by atoms with Crippen molar-refractivity contribution in [1.29, 1.82) is 0 Å². The molecular weight excluding hydrogens is 490 g/mol. The highest BCUT2D eigenvalue weighted by Gasteiger charge is 2.07. The van der Waals surface area contributed by atoms with Gasteiger partial charge in [-0.25, -0.2) is 4.99 Å². The van der Waals surface area contributed by atoms with Crippen LogP contribution in [0.15, 0.2) is 51.9 Å². The van der Waals surface area contributed by atoms with Gasteiger partial charge in [0.1, 0.15) is 0 Å². The monoisotopic (exact) mass is 505 g/mol. The third-order valence-electron chi connectivity index (χ3n) is 3.27. The molecular formula is C17H18Br2ClN3OS. The lowest BCUT2D eigenvalue weighted by atomic mass is 10.1. The van der Waals surface area contributed by atoms with E-state index in [1.807, 2.05) is 36.4 Å². The summed E-state index contributed by atoms with van der Waals surface area (Å²) in [6.07, 6.45) is 0.354. The van der Waals surface area contributed by atoms with E-state index in [2.05, 4.69) is 26.2 Å². The van der Waals surface area contributed by atoms with Gasteiger partial charge in [-0.15, -0.1) is 17.0 Å². The van der Waals surface area contributed by atoms with E-state index in [-0.39, 0.29) is 22.9 Å². The molecule has 0 spiro atoms. The molecule has 0 aliphatic rings. The maximum absolute atomic E-state index is 11.6. The number of nitrogens with one attached hydrogen (secondary N) is 1. The van der Waals surface area contributed by atoms with Crippen molar-refractivity contribution >= 4 is 73.0 Å². The number of carbonyl (C=O) groups excluding carboxylic acids is 1. The summed E-state index contributed by atoms with van der Waals surface area (Å²) < 4.78 is 0.817. The summed E-state index contributed by atoms with van der Waals surface area (Å²) >= 11 is 10.8. The second kappa shape index (κ2) is 10.9. The zero-order chi connectivity index (χ0) is 17.5. The SMILES string of the molecule is Br.CNC(=O)Cc1ccccc1CSC(N)=Nc1ccc(Br)c(Cl)c1. The van der Waals surface area contributed by atoms with E-state index in [9.17, 15) is 4.79 Å². The Bertz CT molecular complexity index is 771. The number of likely N-dealkylation sites (N-methyl/N-ethyl adjacent to an activating group) is 1. The topological polar surface area (TPSA) is 67.5 Å². The summed E-state index contributed by atoms with van der Waals surface area (Å²) in [7, 11) is 1.63. The normalized spacial score (nSPS) is 10.9. The van der Waals surface area contributed by atoms with Crippen LogP contribution in [0.1, 0.15) is 11.1 Å². The van der Waals surface area contributed by atoms with Gasteiger partial charge in [0.2, 0.25) is 5.91 Å². The smallest absolute Gasteiger partial charge is 0.224 e. The molecule has 0 aliphatic carbocycles. The molecule has 0 saturated carbocycles. The van der Waals surface area contributed by atoms with E-state index in [1.165, 1.54) is 11.8 Å². The first kappa shape index (κ1) is 22.0. The molecule has 0 saturated heterocycles. The fraction of sp³-hybridized carbons (Fsp3) is 0.176. The number of aliphatic imine (C=N–C) groups is 1. The van der Waals surface area contributed by atoms with Crippen LogP contribution in [0.3, 0.4) is 0 Å². The maximum Gasteiger partial charge on any atom is 0.224 e. The van der Waals surface area contributed by atoms with Crippen LogP contribution in [0.5, 0.6) is 0 Å². The fourth-order valence-electron chi connectivity index (χ4n) is 2.00. The predicted octanol–water partition coefficient (Wildman–Crippen LogP) is 4.85. The quantitative estimate of drug-likeness (QED) is 0.449. The minimum absolute atomic E-state index is 0. The third kappa shape index (κ3) is 7.01. The van der Waals surface area contributed by atoms with Crippen LogP contribution in [0.25, 0.3) is 0 Å². The van der Waals surface area contributed by atoms with Crippen molar-refractivity contribution in [2.24, 2.45) is 10.7 Å². The average molecular weight is 508 g/mol. The molecule has 0 radical (unpaired) electrons. The number of rotatable bonds is 5. The van der Waals surface area contributed by atoms with E-state index in [4.69, 9.17) is 17.3 Å². The van der Waals surface area contributed by atoms with Crippen LogP contribution < -0.4 is 11.1 Å². The number of benzene rings is 2. The molecule has 2 rings (SSSR count). The summed E-state index contributed by atoms with van der Waals surface area (Å²) in [6.45, 7) is 0.